The highest BCUT2D eigenvalue weighted by Gasteiger charge is 2.30. The summed E-state index contributed by atoms with van der Waals surface area (Å²) >= 11 is 3.48. The topological polar surface area (TPSA) is 20.2 Å². The lowest BCUT2D eigenvalue weighted by Gasteiger charge is -2.30. The summed E-state index contributed by atoms with van der Waals surface area (Å²) in [4.78, 5) is 0. The third-order valence-corrected chi connectivity index (χ3v) is 4.13. The first-order chi connectivity index (χ1) is 8.97. The van der Waals surface area contributed by atoms with Gasteiger partial charge in [-0.25, -0.2) is 0 Å². The predicted octanol–water partition coefficient (Wildman–Crippen LogP) is 4.71. The molecule has 2 rings (SSSR count). The molecular weight excluding hydrogens is 300 g/mol. The van der Waals surface area contributed by atoms with E-state index in [0.717, 1.165) is 21.2 Å². The largest absolute Gasteiger partial charge is 0.380 e. The van der Waals surface area contributed by atoms with E-state index in [1.165, 1.54) is 5.56 Å². The molecule has 0 amide bonds. The predicted molar refractivity (Wildman–Crippen MR) is 83.3 cm³/mol. The van der Waals surface area contributed by atoms with Gasteiger partial charge in [0.25, 0.3) is 0 Å². The average molecular weight is 319 g/mol. The lowest BCUT2D eigenvalue weighted by molar-refractivity contribution is 0.0758. The standard InChI is InChI=1S/C17H19BrO/c1-4-17(19,14-6-5-7-15(18)11-14)16-9-8-12(2)10-13(16)3/h5-11,19H,4H2,1-3H3. The van der Waals surface area contributed by atoms with Crippen molar-refractivity contribution in [3.8, 4) is 0 Å². The van der Waals surface area contributed by atoms with Crippen LogP contribution in [0.5, 0.6) is 0 Å². The maximum Gasteiger partial charge on any atom is 0.115 e. The summed E-state index contributed by atoms with van der Waals surface area (Å²) in [6.45, 7) is 6.14. The van der Waals surface area contributed by atoms with Crippen LogP contribution in [0.2, 0.25) is 0 Å². The van der Waals surface area contributed by atoms with Gasteiger partial charge < -0.3 is 5.11 Å². The van der Waals surface area contributed by atoms with Crippen LogP contribution in [0.15, 0.2) is 46.9 Å². The molecule has 0 saturated carbocycles. The maximum absolute atomic E-state index is 11.1. The van der Waals surface area contributed by atoms with Crippen LogP contribution in [-0.2, 0) is 5.60 Å². The van der Waals surface area contributed by atoms with Crippen LogP contribution in [-0.4, -0.2) is 5.11 Å². The Labute approximate surface area is 123 Å². The van der Waals surface area contributed by atoms with Gasteiger partial charge in [-0.1, -0.05) is 58.7 Å². The van der Waals surface area contributed by atoms with E-state index in [1.54, 1.807) is 0 Å². The van der Waals surface area contributed by atoms with Crippen molar-refractivity contribution in [3.05, 3.63) is 69.2 Å². The Hall–Kier alpha value is -1.12. The Morgan fingerprint density at radius 1 is 1.11 bits per heavy atom. The van der Waals surface area contributed by atoms with Gasteiger partial charge in [0.1, 0.15) is 5.60 Å². The number of aliphatic hydroxyl groups is 1. The van der Waals surface area contributed by atoms with Crippen LogP contribution in [0.25, 0.3) is 0 Å². The zero-order chi connectivity index (χ0) is 14.0. The van der Waals surface area contributed by atoms with Crippen molar-refractivity contribution >= 4 is 15.9 Å². The average Bonchev–Trinajstić information content (AvgIpc) is 2.38. The fourth-order valence-electron chi connectivity index (χ4n) is 2.57. The molecule has 0 heterocycles. The minimum absolute atomic E-state index is 0.646. The van der Waals surface area contributed by atoms with Gasteiger partial charge in [-0.3, -0.25) is 0 Å². The van der Waals surface area contributed by atoms with Crippen molar-refractivity contribution in [2.45, 2.75) is 32.8 Å². The van der Waals surface area contributed by atoms with Gasteiger partial charge in [-0.2, -0.15) is 0 Å². The summed E-state index contributed by atoms with van der Waals surface area (Å²) < 4.78 is 0.988. The summed E-state index contributed by atoms with van der Waals surface area (Å²) in [5.41, 5.74) is 3.33. The fourth-order valence-corrected chi connectivity index (χ4v) is 2.97. The van der Waals surface area contributed by atoms with Crippen molar-refractivity contribution in [1.29, 1.82) is 0 Å². The number of hydrogen-bond donors (Lipinski definition) is 1. The molecule has 0 aliphatic rings. The van der Waals surface area contributed by atoms with Gasteiger partial charge in [-0.15, -0.1) is 0 Å². The van der Waals surface area contributed by atoms with Gasteiger partial charge in [0.05, 0.1) is 0 Å². The summed E-state index contributed by atoms with van der Waals surface area (Å²) in [5.74, 6) is 0. The van der Waals surface area contributed by atoms with Gasteiger partial charge in [0, 0.05) is 4.47 Å². The molecule has 0 fully saturated rings. The van der Waals surface area contributed by atoms with Crippen molar-refractivity contribution < 1.29 is 5.11 Å². The van der Waals surface area contributed by atoms with Crippen LogP contribution in [0, 0.1) is 13.8 Å². The van der Waals surface area contributed by atoms with E-state index in [-0.39, 0.29) is 0 Å². The lowest BCUT2D eigenvalue weighted by Crippen LogP contribution is -2.27. The van der Waals surface area contributed by atoms with Crippen LogP contribution in [0.3, 0.4) is 0 Å². The van der Waals surface area contributed by atoms with E-state index in [9.17, 15) is 5.11 Å². The summed E-state index contributed by atoms with van der Waals surface area (Å²) in [7, 11) is 0. The van der Waals surface area contributed by atoms with Gasteiger partial charge in [0.15, 0.2) is 0 Å². The fraction of sp³-hybridized carbons (Fsp3) is 0.294. The van der Waals surface area contributed by atoms with Crippen molar-refractivity contribution in [2.75, 3.05) is 0 Å². The number of halogens is 1. The molecule has 2 aromatic rings. The minimum atomic E-state index is -0.929. The Kier molecular flexibility index (Phi) is 4.12. The molecule has 1 unspecified atom stereocenters. The molecular formula is C17H19BrO. The normalized spacial score (nSPS) is 14.2. The van der Waals surface area contributed by atoms with Crippen LogP contribution < -0.4 is 0 Å². The molecule has 0 bridgehead atoms. The lowest BCUT2D eigenvalue weighted by atomic mass is 9.81. The molecule has 0 radical (unpaired) electrons. The number of aryl methyl sites for hydroxylation is 2. The molecule has 100 valence electrons. The Morgan fingerprint density at radius 2 is 1.84 bits per heavy atom. The van der Waals surface area contributed by atoms with E-state index in [1.807, 2.05) is 37.3 Å². The molecule has 0 saturated heterocycles. The van der Waals surface area contributed by atoms with Crippen molar-refractivity contribution in [3.63, 3.8) is 0 Å². The molecule has 0 aliphatic carbocycles. The number of benzene rings is 2. The Morgan fingerprint density at radius 3 is 2.42 bits per heavy atom. The SMILES string of the molecule is CCC(O)(c1cccc(Br)c1)c1ccc(C)cc1C. The highest BCUT2D eigenvalue weighted by atomic mass is 79.9. The monoisotopic (exact) mass is 318 g/mol. The molecule has 1 N–H and O–H groups in total. The second-order valence-corrected chi connectivity index (χ2v) is 5.96. The van der Waals surface area contributed by atoms with E-state index < -0.39 is 5.60 Å². The number of rotatable bonds is 3. The number of hydrogen-bond acceptors (Lipinski definition) is 1. The molecule has 1 nitrogen and oxygen atoms in total. The van der Waals surface area contributed by atoms with Gasteiger partial charge in [-0.05, 0) is 49.1 Å². The second-order valence-electron chi connectivity index (χ2n) is 5.04. The summed E-state index contributed by atoms with van der Waals surface area (Å²) in [5, 5.41) is 11.1. The van der Waals surface area contributed by atoms with E-state index in [4.69, 9.17) is 0 Å². The van der Waals surface area contributed by atoms with Crippen LogP contribution in [0.4, 0.5) is 0 Å². The Balaban J connectivity index is 2.59. The molecule has 19 heavy (non-hydrogen) atoms. The van der Waals surface area contributed by atoms with Gasteiger partial charge >= 0.3 is 0 Å². The van der Waals surface area contributed by atoms with E-state index >= 15 is 0 Å². The summed E-state index contributed by atoms with van der Waals surface area (Å²) in [6.07, 6.45) is 0.646. The zero-order valence-electron chi connectivity index (χ0n) is 11.6. The zero-order valence-corrected chi connectivity index (χ0v) is 13.2. The van der Waals surface area contributed by atoms with Crippen molar-refractivity contribution in [2.24, 2.45) is 0 Å². The third-order valence-electron chi connectivity index (χ3n) is 3.64. The quantitative estimate of drug-likeness (QED) is 0.868. The molecule has 2 heteroatoms. The highest BCUT2D eigenvalue weighted by molar-refractivity contribution is 9.10. The summed E-state index contributed by atoms with van der Waals surface area (Å²) in [6, 6.07) is 14.1. The maximum atomic E-state index is 11.1. The molecule has 0 spiro atoms. The van der Waals surface area contributed by atoms with E-state index in [0.29, 0.717) is 6.42 Å². The van der Waals surface area contributed by atoms with Crippen LogP contribution >= 0.6 is 15.9 Å². The smallest absolute Gasteiger partial charge is 0.115 e. The van der Waals surface area contributed by atoms with Crippen molar-refractivity contribution in [1.82, 2.24) is 0 Å². The highest BCUT2D eigenvalue weighted by Crippen LogP contribution is 2.36. The Bertz CT molecular complexity index is 592. The molecule has 2 aromatic carbocycles. The first-order valence-corrected chi connectivity index (χ1v) is 7.33. The van der Waals surface area contributed by atoms with Gasteiger partial charge in [0.2, 0.25) is 0 Å². The molecule has 0 aromatic heterocycles. The second kappa shape index (κ2) is 5.48. The minimum Gasteiger partial charge on any atom is -0.380 e. The first kappa shape index (κ1) is 14.3. The third kappa shape index (κ3) is 2.75. The first-order valence-electron chi connectivity index (χ1n) is 6.53. The molecule has 0 aliphatic heterocycles. The molecule has 1 atom stereocenters. The van der Waals surface area contributed by atoms with E-state index in [2.05, 4.69) is 41.9 Å². The van der Waals surface area contributed by atoms with Crippen LogP contribution in [0.1, 0.15) is 35.6 Å².